The lowest BCUT2D eigenvalue weighted by Crippen LogP contribution is -2.35. The molecule has 0 saturated heterocycles. The van der Waals surface area contributed by atoms with Gasteiger partial charge in [0.1, 0.15) is 4.90 Å². The molecule has 2 amide bonds. The molecule has 0 saturated carbocycles. The Morgan fingerprint density at radius 2 is 1.68 bits per heavy atom. The second-order valence-electron chi connectivity index (χ2n) is 6.99. The first-order valence-electron chi connectivity index (χ1n) is 8.91. The van der Waals surface area contributed by atoms with E-state index >= 15 is 0 Å². The summed E-state index contributed by atoms with van der Waals surface area (Å²) < 4.78 is 32.1. The van der Waals surface area contributed by atoms with E-state index in [9.17, 15) is 13.2 Å². The number of amides is 2. The highest BCUT2D eigenvalue weighted by Gasteiger charge is 2.23. The van der Waals surface area contributed by atoms with Gasteiger partial charge < -0.3 is 10.1 Å². The lowest BCUT2D eigenvalue weighted by molar-refractivity contribution is 0.256. The van der Waals surface area contributed by atoms with Gasteiger partial charge >= 0.3 is 12.0 Å². The Bertz CT molecular complexity index is 946. The summed E-state index contributed by atoms with van der Waals surface area (Å²) in [6, 6.07) is 4.98. The summed E-state index contributed by atoms with van der Waals surface area (Å²) in [6.45, 7) is 9.55. The molecule has 28 heavy (non-hydrogen) atoms. The number of nitrogens with zero attached hydrogens (tertiary/aromatic N) is 2. The summed E-state index contributed by atoms with van der Waals surface area (Å²) in [5.41, 5.74) is 2.67. The summed E-state index contributed by atoms with van der Waals surface area (Å²) in [7, 11) is -2.76. The van der Waals surface area contributed by atoms with Gasteiger partial charge in [-0.05, 0) is 29.9 Å². The zero-order valence-electron chi connectivity index (χ0n) is 16.9. The molecule has 0 aliphatic rings. The van der Waals surface area contributed by atoms with Crippen molar-refractivity contribution in [3.8, 4) is 6.01 Å². The maximum absolute atomic E-state index is 12.6. The van der Waals surface area contributed by atoms with E-state index in [1.165, 1.54) is 14.0 Å². The summed E-state index contributed by atoms with van der Waals surface area (Å²) in [5, 5.41) is 2.71. The van der Waals surface area contributed by atoms with Gasteiger partial charge in [0.05, 0.1) is 19.0 Å². The van der Waals surface area contributed by atoms with Gasteiger partial charge in [0, 0.05) is 5.69 Å². The average molecular weight is 407 g/mol. The number of hydrogen-bond acceptors (Lipinski definition) is 6. The number of carbonyl (C=O) groups is 1. The van der Waals surface area contributed by atoms with Crippen LogP contribution in [-0.4, -0.2) is 31.5 Å². The minimum absolute atomic E-state index is 0.0494. The fourth-order valence-electron chi connectivity index (χ4n) is 2.81. The molecule has 2 N–H and O–H groups in total. The van der Waals surface area contributed by atoms with Gasteiger partial charge in [-0.25, -0.2) is 22.9 Å². The van der Waals surface area contributed by atoms with Crippen molar-refractivity contribution in [2.45, 2.75) is 51.3 Å². The normalized spacial score (nSPS) is 11.6. The molecule has 0 unspecified atom stereocenters. The number of ether oxygens (including phenoxy) is 1. The minimum atomic E-state index is -4.14. The maximum Gasteiger partial charge on any atom is 0.333 e. The van der Waals surface area contributed by atoms with E-state index in [4.69, 9.17) is 4.74 Å². The number of aromatic nitrogens is 2. The van der Waals surface area contributed by atoms with Crippen LogP contribution in [0.25, 0.3) is 0 Å². The van der Waals surface area contributed by atoms with Crippen LogP contribution >= 0.6 is 0 Å². The fraction of sp³-hybridized carbons (Fsp3) is 0.421. The van der Waals surface area contributed by atoms with Gasteiger partial charge in [0.15, 0.2) is 0 Å². The Labute approximate surface area is 165 Å². The highest BCUT2D eigenvalue weighted by Crippen LogP contribution is 2.32. The van der Waals surface area contributed by atoms with Crippen molar-refractivity contribution in [2.75, 3.05) is 12.4 Å². The molecule has 152 valence electrons. The summed E-state index contributed by atoms with van der Waals surface area (Å²) >= 11 is 0. The number of urea groups is 1. The molecule has 1 aromatic heterocycles. The topological polar surface area (TPSA) is 110 Å². The quantitative estimate of drug-likeness (QED) is 0.759. The standard InChI is InChI=1S/C19H26N4O4S/c1-11(2)14-8-7-9-15(12(3)4)17(14)22-18(24)23-28(25,26)16-10-20-19(27-6)21-13(16)5/h7-12H,1-6H3,(H2,22,23,24). The third-order valence-corrected chi connectivity index (χ3v) is 5.66. The van der Waals surface area contributed by atoms with Crippen LogP contribution in [0.3, 0.4) is 0 Å². The SMILES string of the molecule is COc1ncc(S(=O)(=O)NC(=O)Nc2c(C(C)C)cccc2C(C)C)c(C)n1. The zero-order chi connectivity index (χ0) is 21.1. The predicted octanol–water partition coefficient (Wildman–Crippen LogP) is 3.55. The van der Waals surface area contributed by atoms with E-state index < -0.39 is 16.1 Å². The monoisotopic (exact) mass is 406 g/mol. The van der Waals surface area contributed by atoms with Crippen molar-refractivity contribution in [3.63, 3.8) is 0 Å². The van der Waals surface area contributed by atoms with Crippen LogP contribution in [0.15, 0.2) is 29.3 Å². The molecule has 0 bridgehead atoms. The van der Waals surface area contributed by atoms with Crippen molar-refractivity contribution in [2.24, 2.45) is 0 Å². The van der Waals surface area contributed by atoms with E-state index in [1.807, 2.05) is 50.6 Å². The van der Waals surface area contributed by atoms with Gasteiger partial charge in [-0.3, -0.25) is 0 Å². The highest BCUT2D eigenvalue weighted by atomic mass is 32.2. The first-order chi connectivity index (χ1) is 13.1. The lowest BCUT2D eigenvalue weighted by Gasteiger charge is -2.20. The number of benzene rings is 1. The molecule has 0 aliphatic carbocycles. The van der Waals surface area contributed by atoms with Crippen LogP contribution in [0.1, 0.15) is 56.4 Å². The molecule has 9 heteroatoms. The van der Waals surface area contributed by atoms with E-state index in [1.54, 1.807) is 0 Å². The van der Waals surface area contributed by atoms with Crippen LogP contribution in [0.4, 0.5) is 10.5 Å². The van der Waals surface area contributed by atoms with Crippen LogP contribution in [0.5, 0.6) is 6.01 Å². The number of nitrogens with one attached hydrogen (secondary N) is 2. The number of aryl methyl sites for hydroxylation is 1. The smallest absolute Gasteiger partial charge is 0.333 e. The third-order valence-electron chi connectivity index (χ3n) is 4.22. The number of anilines is 1. The second kappa shape index (κ2) is 8.55. The highest BCUT2D eigenvalue weighted by molar-refractivity contribution is 7.90. The average Bonchev–Trinajstić information content (AvgIpc) is 2.60. The molecule has 0 spiro atoms. The predicted molar refractivity (Wildman–Crippen MR) is 107 cm³/mol. The van der Waals surface area contributed by atoms with Crippen molar-refractivity contribution < 1.29 is 17.9 Å². The Morgan fingerprint density at radius 3 is 2.14 bits per heavy atom. The molecule has 0 fully saturated rings. The van der Waals surface area contributed by atoms with Crippen molar-refractivity contribution in [3.05, 3.63) is 41.2 Å². The molecule has 2 aromatic rings. The lowest BCUT2D eigenvalue weighted by atomic mass is 9.93. The summed E-state index contributed by atoms with van der Waals surface area (Å²) in [4.78, 5) is 20.1. The molecule has 8 nitrogen and oxygen atoms in total. The van der Waals surface area contributed by atoms with E-state index in [2.05, 4.69) is 15.3 Å². The molecule has 0 radical (unpaired) electrons. The van der Waals surface area contributed by atoms with Gasteiger partial charge in [0.2, 0.25) is 0 Å². The van der Waals surface area contributed by atoms with Gasteiger partial charge in [-0.15, -0.1) is 0 Å². The Hall–Kier alpha value is -2.68. The summed E-state index contributed by atoms with van der Waals surface area (Å²) in [5.74, 6) is 0.311. The largest absolute Gasteiger partial charge is 0.467 e. The maximum atomic E-state index is 12.6. The fourth-order valence-corrected chi connectivity index (χ4v) is 3.84. The zero-order valence-corrected chi connectivity index (χ0v) is 17.7. The number of carbonyl (C=O) groups excluding carboxylic acids is 1. The molecule has 1 aromatic carbocycles. The van der Waals surface area contributed by atoms with Gasteiger partial charge in [-0.2, -0.15) is 4.98 Å². The number of rotatable bonds is 6. The molecule has 1 heterocycles. The first-order valence-corrected chi connectivity index (χ1v) is 10.4. The van der Waals surface area contributed by atoms with Crippen LogP contribution < -0.4 is 14.8 Å². The number of methoxy groups -OCH3 is 1. The molecule has 0 aliphatic heterocycles. The van der Waals surface area contributed by atoms with E-state index in [0.717, 1.165) is 17.3 Å². The van der Waals surface area contributed by atoms with Crippen molar-refractivity contribution >= 4 is 21.7 Å². The number of hydrogen-bond donors (Lipinski definition) is 2. The molecule has 0 atom stereocenters. The number of sulfonamides is 1. The second-order valence-corrected chi connectivity index (χ2v) is 8.64. The Kier molecular flexibility index (Phi) is 6.60. The third kappa shape index (κ3) is 4.78. The summed E-state index contributed by atoms with van der Waals surface area (Å²) in [6.07, 6.45) is 1.11. The Balaban J connectivity index is 2.32. The van der Waals surface area contributed by atoms with Crippen LogP contribution in [0, 0.1) is 6.92 Å². The van der Waals surface area contributed by atoms with Crippen LogP contribution in [0.2, 0.25) is 0 Å². The number of para-hydroxylation sites is 1. The van der Waals surface area contributed by atoms with Crippen molar-refractivity contribution in [1.29, 1.82) is 0 Å². The Morgan fingerprint density at radius 1 is 1.11 bits per heavy atom. The van der Waals surface area contributed by atoms with Crippen molar-refractivity contribution in [1.82, 2.24) is 14.7 Å². The van der Waals surface area contributed by atoms with Crippen LogP contribution in [-0.2, 0) is 10.0 Å². The molecular formula is C19H26N4O4S. The first kappa shape index (κ1) is 21.6. The molecule has 2 rings (SSSR count). The molecular weight excluding hydrogens is 380 g/mol. The van der Waals surface area contributed by atoms with E-state index in [0.29, 0.717) is 5.69 Å². The van der Waals surface area contributed by atoms with Gasteiger partial charge in [0.25, 0.3) is 10.0 Å². The van der Waals surface area contributed by atoms with Gasteiger partial charge in [-0.1, -0.05) is 45.9 Å². The minimum Gasteiger partial charge on any atom is -0.467 e. The van der Waals surface area contributed by atoms with E-state index in [-0.39, 0.29) is 28.4 Å².